The van der Waals surface area contributed by atoms with Gasteiger partial charge in [-0.2, -0.15) is 0 Å². The van der Waals surface area contributed by atoms with Crippen LogP contribution in [0.5, 0.6) is 0 Å². The van der Waals surface area contributed by atoms with Crippen molar-refractivity contribution in [3.63, 3.8) is 0 Å². The number of likely N-dealkylation sites (tertiary alicyclic amines) is 1. The first-order valence-corrected chi connectivity index (χ1v) is 13.8. The van der Waals surface area contributed by atoms with Crippen molar-refractivity contribution in [2.24, 2.45) is 5.92 Å². The predicted molar refractivity (Wildman–Crippen MR) is 147 cm³/mol. The SMILES string of the molecule is CCOCCC1CCN(c2ccc(-c3nc4c(NC5CCN(C)CC5)c(Br)cnc4[nH]3)cc2)CC1. The molecule has 2 aliphatic heterocycles. The van der Waals surface area contributed by atoms with E-state index < -0.39 is 0 Å². The van der Waals surface area contributed by atoms with Crippen molar-refractivity contribution >= 4 is 38.5 Å². The highest BCUT2D eigenvalue weighted by Gasteiger charge is 2.21. The zero-order valence-corrected chi connectivity index (χ0v) is 22.5. The Labute approximate surface area is 216 Å². The molecule has 0 saturated carbocycles. The lowest BCUT2D eigenvalue weighted by atomic mass is 9.93. The fourth-order valence-electron chi connectivity index (χ4n) is 5.27. The third kappa shape index (κ3) is 5.81. The van der Waals surface area contributed by atoms with Gasteiger partial charge in [-0.05, 0) is 105 Å². The van der Waals surface area contributed by atoms with Crippen LogP contribution in [0.2, 0.25) is 0 Å². The van der Waals surface area contributed by atoms with E-state index in [0.717, 1.165) is 90.9 Å². The first-order chi connectivity index (χ1) is 17.1. The fourth-order valence-corrected chi connectivity index (χ4v) is 5.67. The molecule has 0 bridgehead atoms. The molecule has 2 aromatic heterocycles. The number of anilines is 2. The molecular formula is C27H37BrN6O. The molecule has 0 unspecified atom stereocenters. The maximum atomic E-state index is 5.55. The number of hydrogen-bond donors (Lipinski definition) is 2. The van der Waals surface area contributed by atoms with Gasteiger partial charge in [0, 0.05) is 49.8 Å². The lowest BCUT2D eigenvalue weighted by Crippen LogP contribution is -2.36. The number of nitrogens with one attached hydrogen (secondary N) is 2. The van der Waals surface area contributed by atoms with Crippen LogP contribution in [0.1, 0.15) is 39.0 Å². The van der Waals surface area contributed by atoms with E-state index in [4.69, 9.17) is 9.72 Å². The molecule has 2 aliphatic rings. The number of rotatable bonds is 8. The summed E-state index contributed by atoms with van der Waals surface area (Å²) in [7, 11) is 2.19. The van der Waals surface area contributed by atoms with Crippen molar-refractivity contribution < 1.29 is 4.74 Å². The zero-order valence-electron chi connectivity index (χ0n) is 20.9. The van der Waals surface area contributed by atoms with E-state index in [1.165, 1.54) is 24.9 Å². The van der Waals surface area contributed by atoms with E-state index in [0.29, 0.717) is 6.04 Å². The number of hydrogen-bond acceptors (Lipinski definition) is 6. The Balaban J connectivity index is 1.27. The van der Waals surface area contributed by atoms with E-state index in [2.05, 4.69) is 79.3 Å². The highest BCUT2D eigenvalue weighted by atomic mass is 79.9. The van der Waals surface area contributed by atoms with Crippen LogP contribution in [0.25, 0.3) is 22.6 Å². The molecule has 0 aliphatic carbocycles. The second-order valence-corrected chi connectivity index (χ2v) is 10.8. The first kappa shape index (κ1) is 24.5. The van der Waals surface area contributed by atoms with Gasteiger partial charge in [-0.25, -0.2) is 9.97 Å². The van der Waals surface area contributed by atoms with Crippen molar-refractivity contribution in [2.75, 3.05) is 56.7 Å². The topological polar surface area (TPSA) is 69.3 Å². The van der Waals surface area contributed by atoms with E-state index in [9.17, 15) is 0 Å². The molecule has 0 atom stereocenters. The smallest absolute Gasteiger partial charge is 0.159 e. The Hall–Kier alpha value is -2.16. The number of piperidine rings is 2. The van der Waals surface area contributed by atoms with Crippen molar-refractivity contribution in [3.05, 3.63) is 34.9 Å². The highest BCUT2D eigenvalue weighted by molar-refractivity contribution is 9.10. The van der Waals surface area contributed by atoms with Crippen LogP contribution >= 0.6 is 15.9 Å². The van der Waals surface area contributed by atoms with Crippen molar-refractivity contribution in [2.45, 2.75) is 45.1 Å². The van der Waals surface area contributed by atoms with Crippen LogP contribution in [0, 0.1) is 5.92 Å². The molecule has 7 nitrogen and oxygen atoms in total. The van der Waals surface area contributed by atoms with E-state index in [-0.39, 0.29) is 0 Å². The lowest BCUT2D eigenvalue weighted by Gasteiger charge is -2.33. The number of nitrogens with zero attached hydrogens (tertiary/aromatic N) is 4. The van der Waals surface area contributed by atoms with Crippen LogP contribution in [0.3, 0.4) is 0 Å². The summed E-state index contributed by atoms with van der Waals surface area (Å²) in [6, 6.07) is 9.25. The summed E-state index contributed by atoms with van der Waals surface area (Å²) in [5.41, 5.74) is 5.12. The summed E-state index contributed by atoms with van der Waals surface area (Å²) in [6.45, 7) is 8.25. The summed E-state index contributed by atoms with van der Waals surface area (Å²) in [5, 5.41) is 3.74. The third-order valence-electron chi connectivity index (χ3n) is 7.53. The Kier molecular flexibility index (Phi) is 7.90. The largest absolute Gasteiger partial charge is 0.382 e. The van der Waals surface area contributed by atoms with E-state index in [1.807, 2.05) is 6.20 Å². The quantitative estimate of drug-likeness (QED) is 0.365. The average molecular weight is 542 g/mol. The molecule has 0 amide bonds. The minimum absolute atomic E-state index is 0.454. The Morgan fingerprint density at radius 1 is 1.09 bits per heavy atom. The average Bonchev–Trinajstić information content (AvgIpc) is 3.32. The maximum Gasteiger partial charge on any atom is 0.159 e. The molecule has 0 spiro atoms. The van der Waals surface area contributed by atoms with Gasteiger partial charge >= 0.3 is 0 Å². The third-order valence-corrected chi connectivity index (χ3v) is 8.13. The number of H-pyrrole nitrogens is 1. The minimum Gasteiger partial charge on any atom is -0.382 e. The minimum atomic E-state index is 0.454. The Morgan fingerprint density at radius 2 is 1.83 bits per heavy atom. The molecular weight excluding hydrogens is 504 g/mol. The van der Waals surface area contributed by atoms with Crippen molar-refractivity contribution in [1.29, 1.82) is 0 Å². The van der Waals surface area contributed by atoms with Crippen molar-refractivity contribution in [1.82, 2.24) is 19.9 Å². The predicted octanol–water partition coefficient (Wildman–Crippen LogP) is 5.54. The molecule has 2 fully saturated rings. The first-order valence-electron chi connectivity index (χ1n) is 13.0. The fraction of sp³-hybridized carbons (Fsp3) is 0.556. The summed E-state index contributed by atoms with van der Waals surface area (Å²) in [4.78, 5) is 17.9. The van der Waals surface area contributed by atoms with Gasteiger partial charge in [-0.3, -0.25) is 0 Å². The van der Waals surface area contributed by atoms with E-state index in [1.54, 1.807) is 0 Å². The van der Waals surface area contributed by atoms with Gasteiger partial charge in [-0.1, -0.05) is 0 Å². The lowest BCUT2D eigenvalue weighted by molar-refractivity contribution is 0.127. The van der Waals surface area contributed by atoms with Gasteiger partial charge in [0.25, 0.3) is 0 Å². The number of fused-ring (bicyclic) bond motifs is 1. The summed E-state index contributed by atoms with van der Waals surface area (Å²) in [5.74, 6) is 1.65. The number of benzene rings is 1. The molecule has 1 aromatic carbocycles. The standard InChI is InChI=1S/C27H37BrN6O/c1-3-35-17-12-19-8-15-34(16-9-19)22-6-4-20(5-7-22)26-31-25-24(23(28)18-29-27(25)32-26)30-21-10-13-33(2)14-11-21/h4-7,18-19,21H,3,8-17H2,1-2H3,(H2,29,30,31,32). The van der Waals surface area contributed by atoms with Crippen LogP contribution in [0.4, 0.5) is 11.4 Å². The second kappa shape index (κ2) is 11.3. The number of aromatic nitrogens is 3. The van der Waals surface area contributed by atoms with Crippen LogP contribution in [-0.2, 0) is 4.74 Å². The van der Waals surface area contributed by atoms with E-state index >= 15 is 0 Å². The van der Waals surface area contributed by atoms with Gasteiger partial charge in [0.15, 0.2) is 5.65 Å². The normalized spacial score (nSPS) is 18.4. The molecule has 0 radical (unpaired) electrons. The summed E-state index contributed by atoms with van der Waals surface area (Å²) >= 11 is 3.69. The number of aromatic amines is 1. The maximum absolute atomic E-state index is 5.55. The Morgan fingerprint density at radius 3 is 2.54 bits per heavy atom. The molecule has 3 aromatic rings. The molecule has 4 heterocycles. The summed E-state index contributed by atoms with van der Waals surface area (Å²) in [6.07, 6.45) is 7.80. The molecule has 35 heavy (non-hydrogen) atoms. The van der Waals surface area contributed by atoms with Crippen molar-refractivity contribution in [3.8, 4) is 11.4 Å². The number of halogens is 1. The molecule has 2 saturated heterocycles. The number of pyridine rings is 1. The number of imidazole rings is 1. The summed E-state index contributed by atoms with van der Waals surface area (Å²) < 4.78 is 6.51. The van der Waals surface area contributed by atoms with Crippen LogP contribution < -0.4 is 10.2 Å². The van der Waals surface area contributed by atoms with Gasteiger partial charge in [-0.15, -0.1) is 0 Å². The van der Waals surface area contributed by atoms with Gasteiger partial charge < -0.3 is 24.8 Å². The molecule has 188 valence electrons. The van der Waals surface area contributed by atoms with Crippen LogP contribution in [-0.4, -0.2) is 72.3 Å². The second-order valence-electron chi connectivity index (χ2n) is 9.95. The molecule has 5 rings (SSSR count). The monoisotopic (exact) mass is 540 g/mol. The highest BCUT2D eigenvalue weighted by Crippen LogP contribution is 2.33. The van der Waals surface area contributed by atoms with Crippen LogP contribution in [0.15, 0.2) is 34.9 Å². The van der Waals surface area contributed by atoms with Gasteiger partial charge in [0.05, 0.1) is 10.2 Å². The number of ether oxygens (including phenoxy) is 1. The van der Waals surface area contributed by atoms with Gasteiger partial charge in [0.1, 0.15) is 11.3 Å². The Bertz CT molecular complexity index is 1100. The van der Waals surface area contributed by atoms with Gasteiger partial charge in [0.2, 0.25) is 0 Å². The molecule has 8 heteroatoms. The zero-order chi connectivity index (χ0) is 24.2. The molecule has 2 N–H and O–H groups in total.